The van der Waals surface area contributed by atoms with Gasteiger partial charge in [-0.1, -0.05) is 26.3 Å². The van der Waals surface area contributed by atoms with Gasteiger partial charge in [0.05, 0.1) is 26.4 Å². The quantitative estimate of drug-likeness (QED) is 0.0640. The molecule has 0 saturated carbocycles. The number of carbonyl (C=O) groups is 4. The van der Waals surface area contributed by atoms with Crippen LogP contribution in [0.25, 0.3) is 0 Å². The average molecular weight is 645 g/mol. The topological polar surface area (TPSA) is 217 Å². The Morgan fingerprint density at radius 2 is 0.619 bits per heavy atom. The lowest BCUT2D eigenvalue weighted by molar-refractivity contribution is -0.141. The number of carbonyl (C=O) groups excluding carboxylic acids is 4. The van der Waals surface area contributed by atoms with E-state index in [1.54, 1.807) is 0 Å². The van der Waals surface area contributed by atoms with Gasteiger partial charge >= 0.3 is 39.5 Å². The van der Waals surface area contributed by atoms with E-state index in [0.29, 0.717) is 0 Å². The minimum absolute atomic E-state index is 0.206. The molecule has 0 fully saturated rings. The van der Waals surface area contributed by atoms with Gasteiger partial charge in [0.2, 0.25) is 0 Å². The highest BCUT2D eigenvalue weighted by Crippen LogP contribution is 2.43. The molecule has 0 aliphatic carbocycles. The fourth-order valence-corrected chi connectivity index (χ4v) is 3.09. The van der Waals surface area contributed by atoms with Gasteiger partial charge in [-0.2, -0.15) is 0 Å². The molecular formula is C24H38O16P2. The van der Waals surface area contributed by atoms with Crippen molar-refractivity contribution in [1.29, 1.82) is 0 Å². The second kappa shape index (κ2) is 21.7. The van der Waals surface area contributed by atoms with Crippen LogP contribution in [0.2, 0.25) is 0 Å². The van der Waals surface area contributed by atoms with Gasteiger partial charge in [0.1, 0.15) is 26.4 Å². The summed E-state index contributed by atoms with van der Waals surface area (Å²) in [4.78, 5) is 62.5. The molecule has 0 bridgehead atoms. The summed E-state index contributed by atoms with van der Waals surface area (Å²) in [6.45, 7) is 17.2. The molecule has 0 atom stereocenters. The van der Waals surface area contributed by atoms with E-state index >= 15 is 0 Å². The molecule has 240 valence electrons. The molecule has 0 radical (unpaired) electrons. The number of esters is 4. The number of rotatable bonds is 20. The standard InChI is InChI=1S/2C12H19O8P/c2*1-9(2)11(13)17-5-7-19-21(15,16)20-8-6-18-12(14)10(3)4/h2*1,3,5-8H2,2,4H3,(H,15,16). The third-order valence-electron chi connectivity index (χ3n) is 3.68. The third kappa shape index (κ3) is 23.7. The van der Waals surface area contributed by atoms with Gasteiger partial charge in [-0.25, -0.2) is 28.3 Å². The van der Waals surface area contributed by atoms with Crippen molar-refractivity contribution in [2.75, 3.05) is 52.9 Å². The molecule has 0 aliphatic heterocycles. The summed E-state index contributed by atoms with van der Waals surface area (Å²) in [5, 5.41) is 0. The molecule has 0 saturated heterocycles. The number of phosphoric ester groups is 2. The lowest BCUT2D eigenvalue weighted by Gasteiger charge is -2.12. The zero-order valence-corrected chi connectivity index (χ0v) is 25.8. The summed E-state index contributed by atoms with van der Waals surface area (Å²) >= 11 is 0. The molecule has 0 aromatic rings. The second-order valence-electron chi connectivity index (χ2n) is 7.94. The SMILES string of the molecule is C=C(C)C(=O)OCCOP(=O)(O)OCCOC(=O)C(=C)C.C=C(C)C(=O)OCCOP(=O)(O)OCCOC(=O)C(=C)C. The lowest BCUT2D eigenvalue weighted by Crippen LogP contribution is -2.12. The van der Waals surface area contributed by atoms with Crippen LogP contribution in [0.15, 0.2) is 48.6 Å². The van der Waals surface area contributed by atoms with Crippen LogP contribution < -0.4 is 0 Å². The van der Waals surface area contributed by atoms with Gasteiger partial charge in [0.25, 0.3) is 0 Å². The maximum atomic E-state index is 11.4. The highest BCUT2D eigenvalue weighted by molar-refractivity contribution is 7.47. The van der Waals surface area contributed by atoms with Crippen LogP contribution in [0.1, 0.15) is 27.7 Å². The van der Waals surface area contributed by atoms with E-state index in [1.165, 1.54) is 27.7 Å². The molecule has 0 aromatic carbocycles. The number of ether oxygens (including phenoxy) is 4. The molecule has 0 aliphatic rings. The molecule has 0 amide bonds. The molecule has 2 N–H and O–H groups in total. The van der Waals surface area contributed by atoms with E-state index in [-0.39, 0.29) is 75.1 Å². The molecule has 16 nitrogen and oxygen atoms in total. The highest BCUT2D eigenvalue weighted by Gasteiger charge is 2.22. The van der Waals surface area contributed by atoms with E-state index in [2.05, 4.69) is 63.4 Å². The molecule has 0 spiro atoms. The third-order valence-corrected chi connectivity index (χ3v) is 5.71. The molecule has 42 heavy (non-hydrogen) atoms. The average Bonchev–Trinajstić information content (AvgIpc) is 2.89. The van der Waals surface area contributed by atoms with Crippen molar-refractivity contribution >= 4 is 39.5 Å². The first kappa shape index (κ1) is 41.2. The molecular weight excluding hydrogens is 606 g/mol. The highest BCUT2D eigenvalue weighted by atomic mass is 31.2. The maximum Gasteiger partial charge on any atom is 0.472 e. The van der Waals surface area contributed by atoms with Crippen LogP contribution in [-0.2, 0) is 65.4 Å². The lowest BCUT2D eigenvalue weighted by atomic mass is 10.4. The Hall–Kier alpha value is -2.94. The zero-order chi connectivity index (χ0) is 32.9. The number of hydrogen-bond donors (Lipinski definition) is 2. The van der Waals surface area contributed by atoms with Crippen molar-refractivity contribution in [2.24, 2.45) is 0 Å². The first-order valence-electron chi connectivity index (χ1n) is 11.9. The molecule has 18 heteroatoms. The van der Waals surface area contributed by atoms with Gasteiger partial charge in [-0.05, 0) is 27.7 Å². The molecule has 0 rings (SSSR count). The number of hydrogen-bond acceptors (Lipinski definition) is 14. The van der Waals surface area contributed by atoms with Gasteiger partial charge in [-0.15, -0.1) is 0 Å². The molecule has 0 unspecified atom stereocenters. The van der Waals surface area contributed by atoms with Gasteiger partial charge in [0.15, 0.2) is 0 Å². The largest absolute Gasteiger partial charge is 0.472 e. The second-order valence-corrected chi connectivity index (χ2v) is 10.8. The summed E-state index contributed by atoms with van der Waals surface area (Å²) in [7, 11) is -8.57. The first-order chi connectivity index (χ1) is 19.3. The summed E-state index contributed by atoms with van der Waals surface area (Å²) < 4.78 is 59.5. The fourth-order valence-electron chi connectivity index (χ4n) is 1.72. The van der Waals surface area contributed by atoms with Crippen molar-refractivity contribution < 1.29 is 75.1 Å². The smallest absolute Gasteiger partial charge is 0.460 e. The van der Waals surface area contributed by atoms with Gasteiger partial charge in [0, 0.05) is 22.3 Å². The summed E-state index contributed by atoms with van der Waals surface area (Å²) in [6.07, 6.45) is 0. The van der Waals surface area contributed by atoms with Crippen molar-refractivity contribution in [3.8, 4) is 0 Å². The van der Waals surface area contributed by atoms with Gasteiger partial charge in [-0.3, -0.25) is 18.1 Å². The number of phosphoric acid groups is 2. The van der Waals surface area contributed by atoms with E-state index in [1.807, 2.05) is 0 Å². The van der Waals surface area contributed by atoms with Crippen LogP contribution in [0.3, 0.4) is 0 Å². The normalized spacial score (nSPS) is 10.8. The fraction of sp³-hybridized carbons (Fsp3) is 0.500. The van der Waals surface area contributed by atoms with Crippen LogP contribution in [0.4, 0.5) is 0 Å². The zero-order valence-electron chi connectivity index (χ0n) is 24.0. The van der Waals surface area contributed by atoms with Crippen molar-refractivity contribution in [3.63, 3.8) is 0 Å². The van der Waals surface area contributed by atoms with Gasteiger partial charge < -0.3 is 28.7 Å². The van der Waals surface area contributed by atoms with Crippen molar-refractivity contribution in [3.05, 3.63) is 48.6 Å². The minimum Gasteiger partial charge on any atom is -0.460 e. The summed E-state index contributed by atoms with van der Waals surface area (Å²) in [5.41, 5.74) is 0.825. The van der Waals surface area contributed by atoms with Crippen LogP contribution in [0, 0.1) is 0 Å². The minimum atomic E-state index is -4.29. The monoisotopic (exact) mass is 644 g/mol. The van der Waals surface area contributed by atoms with Crippen LogP contribution in [0.5, 0.6) is 0 Å². The van der Waals surface area contributed by atoms with Crippen molar-refractivity contribution in [1.82, 2.24) is 0 Å². The maximum absolute atomic E-state index is 11.4. The Labute approximate surface area is 244 Å². The molecule has 0 aromatic heterocycles. The summed E-state index contributed by atoms with van der Waals surface area (Å²) in [6, 6.07) is 0. The Morgan fingerprint density at radius 3 is 0.762 bits per heavy atom. The summed E-state index contributed by atoms with van der Waals surface area (Å²) in [5.74, 6) is -2.50. The Morgan fingerprint density at radius 1 is 0.452 bits per heavy atom. The predicted octanol–water partition coefficient (Wildman–Crippen LogP) is 2.72. The van der Waals surface area contributed by atoms with E-state index in [9.17, 15) is 38.1 Å². The Bertz CT molecular complexity index is 920. The predicted molar refractivity (Wildman–Crippen MR) is 147 cm³/mol. The van der Waals surface area contributed by atoms with E-state index in [0.717, 1.165) is 0 Å². The van der Waals surface area contributed by atoms with Crippen LogP contribution in [-0.4, -0.2) is 86.5 Å². The van der Waals surface area contributed by atoms with Crippen molar-refractivity contribution in [2.45, 2.75) is 27.7 Å². The van der Waals surface area contributed by atoms with E-state index < -0.39 is 39.5 Å². The van der Waals surface area contributed by atoms with Crippen LogP contribution >= 0.6 is 15.6 Å². The van der Waals surface area contributed by atoms with E-state index in [4.69, 9.17) is 0 Å². The first-order valence-corrected chi connectivity index (χ1v) is 14.8. The molecule has 0 heterocycles. The Kier molecular flexibility index (Phi) is 21.3. The Balaban J connectivity index is 0.